The number of nitrogens with zero attached hydrogens (tertiary/aromatic N) is 3. The van der Waals surface area contributed by atoms with Crippen molar-refractivity contribution in [2.24, 2.45) is 5.92 Å². The lowest BCUT2D eigenvalue weighted by Gasteiger charge is -2.21. The molecule has 0 spiro atoms. The molecule has 1 N–H and O–H groups in total. The van der Waals surface area contributed by atoms with E-state index < -0.39 is 10.2 Å². The fraction of sp³-hybridized carbons (Fsp3) is 0.688. The molecule has 6 nitrogen and oxygen atoms in total. The maximum Gasteiger partial charge on any atom is 0.279 e. The third kappa shape index (κ3) is 5.24. The van der Waals surface area contributed by atoms with E-state index in [1.165, 1.54) is 4.31 Å². The van der Waals surface area contributed by atoms with Crippen LogP contribution < -0.4 is 4.72 Å². The normalized spacial score (nSPS) is 22.8. The highest BCUT2D eigenvalue weighted by molar-refractivity contribution is 7.87. The fourth-order valence-corrected chi connectivity index (χ4v) is 3.92. The minimum Gasteiger partial charge on any atom is -0.301 e. The van der Waals surface area contributed by atoms with Gasteiger partial charge in [0.1, 0.15) is 0 Å². The Morgan fingerprint density at radius 3 is 2.74 bits per heavy atom. The summed E-state index contributed by atoms with van der Waals surface area (Å²) < 4.78 is 28.3. The minimum absolute atomic E-state index is 0.00826. The highest BCUT2D eigenvalue weighted by Crippen LogP contribution is 2.22. The molecule has 1 saturated heterocycles. The smallest absolute Gasteiger partial charge is 0.279 e. The molecule has 0 unspecified atom stereocenters. The summed E-state index contributed by atoms with van der Waals surface area (Å²) in [4.78, 5) is 6.70. The summed E-state index contributed by atoms with van der Waals surface area (Å²) in [6, 6.07) is 5.94. The molecule has 0 radical (unpaired) electrons. The van der Waals surface area contributed by atoms with Gasteiger partial charge in [-0.05, 0) is 24.5 Å². The van der Waals surface area contributed by atoms with Crippen LogP contribution in [-0.2, 0) is 16.6 Å². The van der Waals surface area contributed by atoms with E-state index in [2.05, 4.69) is 21.5 Å². The second-order valence-electron chi connectivity index (χ2n) is 6.39. The van der Waals surface area contributed by atoms with Crippen molar-refractivity contribution in [1.82, 2.24) is 18.9 Å². The average molecular weight is 340 g/mol. The van der Waals surface area contributed by atoms with Crippen molar-refractivity contribution in [2.45, 2.75) is 32.2 Å². The first-order valence-corrected chi connectivity index (χ1v) is 9.68. The van der Waals surface area contributed by atoms with Crippen LogP contribution in [0.5, 0.6) is 0 Å². The lowest BCUT2D eigenvalue weighted by atomic mass is 9.99. The monoisotopic (exact) mass is 340 g/mol. The number of rotatable bonds is 8. The SMILES string of the molecule is CCC[C@@H]1CN(CCc2ccccn2)C[C@H]1NS(=O)(=O)N(C)C. The molecule has 2 rings (SSSR count). The number of hydrogen-bond donors (Lipinski definition) is 1. The van der Waals surface area contributed by atoms with Crippen molar-refractivity contribution < 1.29 is 8.42 Å². The van der Waals surface area contributed by atoms with E-state index in [1.54, 1.807) is 14.1 Å². The molecule has 1 aromatic heterocycles. The van der Waals surface area contributed by atoms with Crippen molar-refractivity contribution in [1.29, 1.82) is 0 Å². The van der Waals surface area contributed by atoms with Gasteiger partial charge in [0.2, 0.25) is 0 Å². The molecule has 7 heteroatoms. The summed E-state index contributed by atoms with van der Waals surface area (Å²) in [5.41, 5.74) is 1.08. The number of pyridine rings is 1. The average Bonchev–Trinajstić information content (AvgIpc) is 2.88. The summed E-state index contributed by atoms with van der Waals surface area (Å²) in [5.74, 6) is 0.374. The summed E-state index contributed by atoms with van der Waals surface area (Å²) in [7, 11) is -0.258. The lowest BCUT2D eigenvalue weighted by molar-refractivity contribution is 0.323. The van der Waals surface area contributed by atoms with Crippen molar-refractivity contribution in [3.05, 3.63) is 30.1 Å². The fourth-order valence-electron chi connectivity index (χ4n) is 3.06. The third-order valence-corrected chi connectivity index (χ3v) is 5.93. The second kappa shape index (κ2) is 8.19. The maximum absolute atomic E-state index is 12.1. The predicted molar refractivity (Wildman–Crippen MR) is 92.3 cm³/mol. The maximum atomic E-state index is 12.1. The molecule has 0 bridgehead atoms. The molecule has 2 heterocycles. The van der Waals surface area contributed by atoms with Gasteiger partial charge in [0.15, 0.2) is 0 Å². The van der Waals surface area contributed by atoms with Crippen LogP contribution in [0, 0.1) is 5.92 Å². The van der Waals surface area contributed by atoms with Gasteiger partial charge >= 0.3 is 0 Å². The molecule has 0 aromatic carbocycles. The first-order chi connectivity index (χ1) is 10.9. The zero-order valence-electron chi connectivity index (χ0n) is 14.3. The lowest BCUT2D eigenvalue weighted by Crippen LogP contribution is -2.45. The predicted octanol–water partition coefficient (Wildman–Crippen LogP) is 1.12. The first kappa shape index (κ1) is 18.3. The van der Waals surface area contributed by atoms with Crippen molar-refractivity contribution in [2.75, 3.05) is 33.7 Å². The molecule has 2 atom stereocenters. The van der Waals surface area contributed by atoms with Gasteiger partial charge in [0.05, 0.1) is 0 Å². The van der Waals surface area contributed by atoms with E-state index in [9.17, 15) is 8.42 Å². The number of likely N-dealkylation sites (tertiary alicyclic amines) is 1. The Hall–Kier alpha value is -1.02. The number of aromatic nitrogens is 1. The van der Waals surface area contributed by atoms with Gasteiger partial charge in [-0.2, -0.15) is 17.4 Å². The van der Waals surface area contributed by atoms with Crippen LogP contribution in [0.3, 0.4) is 0 Å². The van der Waals surface area contributed by atoms with Crippen LogP contribution in [0.15, 0.2) is 24.4 Å². The molecule has 0 amide bonds. The third-order valence-electron chi connectivity index (χ3n) is 4.37. The summed E-state index contributed by atoms with van der Waals surface area (Å²) >= 11 is 0. The van der Waals surface area contributed by atoms with E-state index in [4.69, 9.17) is 0 Å². The molecular formula is C16H28N4O2S. The largest absolute Gasteiger partial charge is 0.301 e. The zero-order chi connectivity index (χ0) is 16.9. The van der Waals surface area contributed by atoms with E-state index in [1.807, 2.05) is 24.4 Å². The first-order valence-electron chi connectivity index (χ1n) is 8.24. The highest BCUT2D eigenvalue weighted by Gasteiger charge is 2.34. The van der Waals surface area contributed by atoms with Crippen LogP contribution in [-0.4, -0.2) is 62.4 Å². The topological polar surface area (TPSA) is 65.5 Å². The summed E-state index contributed by atoms with van der Waals surface area (Å²) in [5, 5.41) is 0. The van der Waals surface area contributed by atoms with Gasteiger partial charge in [0, 0.05) is 58.1 Å². The Kier molecular flexibility index (Phi) is 6.52. The van der Waals surface area contributed by atoms with Gasteiger partial charge in [-0.15, -0.1) is 0 Å². The van der Waals surface area contributed by atoms with Crippen LogP contribution in [0.2, 0.25) is 0 Å². The summed E-state index contributed by atoms with van der Waals surface area (Å²) in [6.07, 6.45) is 4.82. The molecule has 1 aliphatic heterocycles. The molecular weight excluding hydrogens is 312 g/mol. The molecule has 0 aliphatic carbocycles. The van der Waals surface area contributed by atoms with Gasteiger partial charge < -0.3 is 4.90 Å². The van der Waals surface area contributed by atoms with E-state index >= 15 is 0 Å². The Bertz CT molecular complexity index is 577. The second-order valence-corrected chi connectivity index (χ2v) is 8.31. The van der Waals surface area contributed by atoms with Crippen LogP contribution in [0.4, 0.5) is 0 Å². The Balaban J connectivity index is 1.94. The van der Waals surface area contributed by atoms with Crippen molar-refractivity contribution in [3.8, 4) is 0 Å². The Labute approximate surface area is 140 Å². The zero-order valence-corrected chi connectivity index (χ0v) is 15.1. The number of nitrogens with one attached hydrogen (secondary N) is 1. The van der Waals surface area contributed by atoms with Crippen molar-refractivity contribution in [3.63, 3.8) is 0 Å². The van der Waals surface area contributed by atoms with E-state index in [0.29, 0.717) is 5.92 Å². The minimum atomic E-state index is -3.38. The quantitative estimate of drug-likeness (QED) is 0.770. The Morgan fingerprint density at radius 2 is 2.13 bits per heavy atom. The van der Waals surface area contributed by atoms with Gasteiger partial charge in [-0.3, -0.25) is 4.98 Å². The van der Waals surface area contributed by atoms with Crippen LogP contribution in [0.25, 0.3) is 0 Å². The van der Waals surface area contributed by atoms with Gasteiger partial charge in [0.25, 0.3) is 10.2 Å². The Morgan fingerprint density at radius 1 is 1.35 bits per heavy atom. The van der Waals surface area contributed by atoms with E-state index in [-0.39, 0.29) is 6.04 Å². The van der Waals surface area contributed by atoms with Crippen LogP contribution in [0.1, 0.15) is 25.5 Å². The van der Waals surface area contributed by atoms with Crippen molar-refractivity contribution >= 4 is 10.2 Å². The van der Waals surface area contributed by atoms with Gasteiger partial charge in [-0.1, -0.05) is 19.4 Å². The number of hydrogen-bond acceptors (Lipinski definition) is 4. The molecule has 0 saturated carbocycles. The molecule has 1 aromatic rings. The molecule has 23 heavy (non-hydrogen) atoms. The standard InChI is InChI=1S/C16H28N4O2S/c1-4-7-14-12-20(11-9-15-8-5-6-10-17-15)13-16(14)18-23(21,22)19(2)3/h5-6,8,10,14,16,18H,4,7,9,11-13H2,1-3H3/t14-,16-/m1/s1. The molecule has 1 fully saturated rings. The highest BCUT2D eigenvalue weighted by atomic mass is 32.2. The molecule has 130 valence electrons. The van der Waals surface area contributed by atoms with E-state index in [0.717, 1.165) is 44.6 Å². The molecule has 1 aliphatic rings. The van der Waals surface area contributed by atoms with Crippen LogP contribution >= 0.6 is 0 Å². The van der Waals surface area contributed by atoms with Gasteiger partial charge in [-0.25, -0.2) is 0 Å². The summed E-state index contributed by atoms with van der Waals surface area (Å²) in [6.45, 7) is 4.78.